The summed E-state index contributed by atoms with van der Waals surface area (Å²) in [6, 6.07) is 18.0. The standard InChI is InChI=1S/C33H28ClF3N6O3/c34-32-38-26(33(35,36)37)17-27(39-32)42-14-12-41(13-15-42)18-20-6-4-19(5-7-20)16-21-8-9-24-29-22(21)2-1-3-23(29)31(46)43(24)25-10-11-28(44)40-30(25)45/h1-9,17,25H,10-16,18H2,(H,40,44,45). The summed E-state index contributed by atoms with van der Waals surface area (Å²) in [5, 5.41) is 3.71. The molecule has 0 aliphatic carbocycles. The zero-order valence-electron chi connectivity index (χ0n) is 24.5. The summed E-state index contributed by atoms with van der Waals surface area (Å²) in [5.74, 6) is -0.835. The average molecular weight is 649 g/mol. The minimum absolute atomic E-state index is 0.174. The first-order valence-corrected chi connectivity index (χ1v) is 15.3. The van der Waals surface area contributed by atoms with Crippen molar-refractivity contribution in [2.45, 2.75) is 38.0 Å². The number of carbonyl (C=O) groups excluding carboxylic acids is 3. The Bertz CT molecular complexity index is 1880. The van der Waals surface area contributed by atoms with Crippen LogP contribution in [-0.2, 0) is 28.7 Å². The number of amides is 3. The SMILES string of the molecule is O=C1CCC(N2C(=O)c3cccc4c(Cc5ccc(CN6CCN(c7cc(C(F)(F)F)nc(Cl)n7)CC6)cc5)ccc2c34)C(=O)N1. The molecule has 9 nitrogen and oxygen atoms in total. The molecule has 1 atom stereocenters. The molecule has 3 amide bonds. The summed E-state index contributed by atoms with van der Waals surface area (Å²) in [6.07, 6.45) is -3.47. The van der Waals surface area contributed by atoms with Crippen LogP contribution < -0.4 is 15.1 Å². The highest BCUT2D eigenvalue weighted by molar-refractivity contribution is 6.28. The van der Waals surface area contributed by atoms with Crippen molar-refractivity contribution < 1.29 is 27.6 Å². The van der Waals surface area contributed by atoms with E-state index in [9.17, 15) is 27.6 Å². The first-order chi connectivity index (χ1) is 22.0. The van der Waals surface area contributed by atoms with Crippen LogP contribution in [0.5, 0.6) is 0 Å². The number of benzene rings is 3. The van der Waals surface area contributed by atoms with Crippen LogP contribution in [0.15, 0.2) is 60.7 Å². The quantitative estimate of drug-likeness (QED) is 0.233. The number of hydrogen-bond donors (Lipinski definition) is 1. The van der Waals surface area contributed by atoms with Crippen molar-refractivity contribution >= 4 is 51.6 Å². The lowest BCUT2D eigenvalue weighted by Gasteiger charge is -2.35. The number of anilines is 2. The van der Waals surface area contributed by atoms with Crippen molar-refractivity contribution in [1.82, 2.24) is 20.2 Å². The molecular weight excluding hydrogens is 621 g/mol. The zero-order chi connectivity index (χ0) is 32.2. The van der Waals surface area contributed by atoms with Gasteiger partial charge >= 0.3 is 6.18 Å². The molecule has 236 valence electrons. The second-order valence-corrected chi connectivity index (χ2v) is 12.1. The summed E-state index contributed by atoms with van der Waals surface area (Å²) < 4.78 is 39.5. The number of nitrogens with one attached hydrogen (secondary N) is 1. The van der Waals surface area contributed by atoms with Crippen LogP contribution in [0.2, 0.25) is 5.28 Å². The predicted octanol–water partition coefficient (Wildman–Crippen LogP) is 4.98. The number of hydrogen-bond acceptors (Lipinski definition) is 7. The molecule has 1 aromatic heterocycles. The van der Waals surface area contributed by atoms with Gasteiger partial charge in [-0.05, 0) is 58.7 Å². The first kappa shape index (κ1) is 30.1. The van der Waals surface area contributed by atoms with Crippen molar-refractivity contribution in [3.63, 3.8) is 0 Å². The van der Waals surface area contributed by atoms with Crippen LogP contribution in [0.25, 0.3) is 10.8 Å². The molecule has 3 aliphatic rings. The fraction of sp³-hybridized carbons (Fsp3) is 0.303. The second-order valence-electron chi connectivity index (χ2n) is 11.7. The van der Waals surface area contributed by atoms with Crippen molar-refractivity contribution in [2.75, 3.05) is 36.0 Å². The first-order valence-electron chi connectivity index (χ1n) is 14.9. The molecule has 0 radical (unpaired) electrons. The predicted molar refractivity (Wildman–Crippen MR) is 166 cm³/mol. The van der Waals surface area contributed by atoms with Gasteiger partial charge in [0.15, 0.2) is 5.69 Å². The van der Waals surface area contributed by atoms with Gasteiger partial charge in [-0.25, -0.2) is 9.97 Å². The number of aromatic nitrogens is 2. The molecule has 46 heavy (non-hydrogen) atoms. The third-order valence-electron chi connectivity index (χ3n) is 8.84. The largest absolute Gasteiger partial charge is 0.433 e. The molecule has 0 bridgehead atoms. The van der Waals surface area contributed by atoms with Gasteiger partial charge < -0.3 is 4.90 Å². The summed E-state index contributed by atoms with van der Waals surface area (Å²) in [5.41, 5.74) is 3.46. The number of alkyl halides is 3. The zero-order valence-corrected chi connectivity index (χ0v) is 25.2. The number of imide groups is 1. The highest BCUT2D eigenvalue weighted by atomic mass is 35.5. The Morgan fingerprint density at radius 2 is 1.65 bits per heavy atom. The van der Waals surface area contributed by atoms with Gasteiger partial charge in [0.25, 0.3) is 5.91 Å². The highest BCUT2D eigenvalue weighted by Crippen LogP contribution is 2.41. The Labute approximate surface area is 267 Å². The Kier molecular flexibility index (Phi) is 7.64. The maximum Gasteiger partial charge on any atom is 0.433 e. The molecular formula is C33H28ClF3N6O3. The van der Waals surface area contributed by atoms with Crippen molar-refractivity contribution in [3.05, 3.63) is 93.9 Å². The Hall–Kier alpha value is -4.55. The van der Waals surface area contributed by atoms with Gasteiger partial charge in [-0.1, -0.05) is 42.5 Å². The molecule has 0 saturated carbocycles. The molecule has 2 saturated heterocycles. The third-order valence-corrected chi connectivity index (χ3v) is 9.00. The fourth-order valence-electron chi connectivity index (χ4n) is 6.55. The van der Waals surface area contributed by atoms with Crippen molar-refractivity contribution in [1.29, 1.82) is 0 Å². The minimum atomic E-state index is -4.60. The van der Waals surface area contributed by atoms with E-state index in [0.29, 0.717) is 50.4 Å². The number of piperidine rings is 1. The number of rotatable bonds is 6. The lowest BCUT2D eigenvalue weighted by atomic mass is 9.95. The lowest BCUT2D eigenvalue weighted by Crippen LogP contribution is -2.53. The molecule has 1 N–H and O–H groups in total. The molecule has 1 unspecified atom stereocenters. The smallest absolute Gasteiger partial charge is 0.354 e. The summed E-state index contributed by atoms with van der Waals surface area (Å²) in [7, 11) is 0. The second kappa shape index (κ2) is 11.7. The molecule has 4 heterocycles. The van der Waals surface area contributed by atoms with Crippen LogP contribution in [0.4, 0.5) is 24.7 Å². The van der Waals surface area contributed by atoms with Gasteiger partial charge in [0.05, 0.1) is 5.69 Å². The number of carbonyl (C=O) groups is 3. The van der Waals surface area contributed by atoms with Crippen LogP contribution in [0, 0.1) is 0 Å². The topological polar surface area (TPSA) is 98.7 Å². The van der Waals surface area contributed by atoms with Gasteiger partial charge in [0.1, 0.15) is 11.9 Å². The van der Waals surface area contributed by atoms with Crippen LogP contribution in [0.3, 0.4) is 0 Å². The van der Waals surface area contributed by atoms with E-state index < -0.39 is 29.1 Å². The van der Waals surface area contributed by atoms with E-state index in [0.717, 1.165) is 33.5 Å². The van der Waals surface area contributed by atoms with E-state index in [-0.39, 0.29) is 30.5 Å². The monoisotopic (exact) mass is 648 g/mol. The Balaban J connectivity index is 1.02. The number of piperazine rings is 1. The van der Waals surface area contributed by atoms with E-state index in [4.69, 9.17) is 11.6 Å². The Morgan fingerprint density at radius 3 is 2.37 bits per heavy atom. The van der Waals surface area contributed by atoms with E-state index in [1.54, 1.807) is 11.0 Å². The maximum absolute atomic E-state index is 13.4. The van der Waals surface area contributed by atoms with Crippen molar-refractivity contribution in [2.24, 2.45) is 0 Å². The summed E-state index contributed by atoms with van der Waals surface area (Å²) in [4.78, 5) is 50.6. The lowest BCUT2D eigenvalue weighted by molar-refractivity contribution is -0.141. The minimum Gasteiger partial charge on any atom is -0.354 e. The molecule has 3 aliphatic heterocycles. The summed E-state index contributed by atoms with van der Waals surface area (Å²) in [6.45, 7) is 3.03. The van der Waals surface area contributed by atoms with Gasteiger partial charge in [0.2, 0.25) is 17.1 Å². The van der Waals surface area contributed by atoms with E-state index in [1.165, 1.54) is 4.90 Å². The summed E-state index contributed by atoms with van der Waals surface area (Å²) >= 11 is 5.77. The normalized spacial score (nSPS) is 18.9. The third kappa shape index (κ3) is 5.67. The van der Waals surface area contributed by atoms with E-state index in [1.807, 2.05) is 24.3 Å². The van der Waals surface area contributed by atoms with E-state index >= 15 is 0 Å². The van der Waals surface area contributed by atoms with E-state index in [2.05, 4.69) is 44.5 Å². The molecule has 7 rings (SSSR count). The number of halogens is 4. The Morgan fingerprint density at radius 1 is 0.913 bits per heavy atom. The van der Waals surface area contributed by atoms with Gasteiger partial charge in [-0.3, -0.25) is 29.5 Å². The van der Waals surface area contributed by atoms with Gasteiger partial charge in [-0.15, -0.1) is 0 Å². The highest BCUT2D eigenvalue weighted by Gasteiger charge is 2.41. The maximum atomic E-state index is 13.4. The number of nitrogens with zero attached hydrogens (tertiary/aromatic N) is 5. The fourth-order valence-corrected chi connectivity index (χ4v) is 6.73. The molecule has 13 heteroatoms. The van der Waals surface area contributed by atoms with Gasteiger partial charge in [0, 0.05) is 56.2 Å². The molecule has 3 aromatic carbocycles. The molecule has 4 aromatic rings. The van der Waals surface area contributed by atoms with Crippen LogP contribution >= 0.6 is 11.6 Å². The van der Waals surface area contributed by atoms with Crippen LogP contribution in [0.1, 0.15) is 45.6 Å². The van der Waals surface area contributed by atoms with Gasteiger partial charge in [-0.2, -0.15) is 13.2 Å². The molecule has 2 fully saturated rings. The average Bonchev–Trinajstić information content (AvgIpc) is 3.31. The van der Waals surface area contributed by atoms with Crippen molar-refractivity contribution in [3.8, 4) is 0 Å². The molecule has 0 spiro atoms. The van der Waals surface area contributed by atoms with Crippen LogP contribution in [-0.4, -0.2) is 64.8 Å².